The van der Waals surface area contributed by atoms with Gasteiger partial charge in [0.05, 0.1) is 12.3 Å². The number of anilines is 1. The van der Waals surface area contributed by atoms with Gasteiger partial charge in [-0.2, -0.15) is 0 Å². The highest BCUT2D eigenvalue weighted by atomic mass is 16.4. The van der Waals surface area contributed by atoms with Crippen LogP contribution in [0.3, 0.4) is 0 Å². The van der Waals surface area contributed by atoms with Crippen LogP contribution in [0.25, 0.3) is 0 Å². The maximum Gasteiger partial charge on any atom is 0.332 e. The molecule has 0 aromatic heterocycles. The van der Waals surface area contributed by atoms with Gasteiger partial charge in [0, 0.05) is 13.0 Å². The van der Waals surface area contributed by atoms with Gasteiger partial charge in [0.1, 0.15) is 30.5 Å². The van der Waals surface area contributed by atoms with Gasteiger partial charge in [-0.15, -0.1) is 0 Å². The lowest BCUT2D eigenvalue weighted by Crippen LogP contribution is -2.46. The Morgan fingerprint density at radius 1 is 0.895 bits per heavy atom. The number of aliphatic hydroxyl groups is 5. The van der Waals surface area contributed by atoms with E-state index in [0.29, 0.717) is 25.1 Å². The lowest BCUT2D eigenvalue weighted by atomic mass is 10.0. The first kappa shape index (κ1) is 30.5. The number of benzene rings is 2. The van der Waals surface area contributed by atoms with Crippen molar-refractivity contribution in [1.29, 1.82) is 0 Å². The van der Waals surface area contributed by atoms with Gasteiger partial charge < -0.3 is 40.3 Å². The number of imide groups is 1. The molecule has 1 fully saturated rings. The molecule has 5 atom stereocenters. The molecule has 38 heavy (non-hydrogen) atoms. The third-order valence-electron chi connectivity index (χ3n) is 5.79. The SMILES string of the molecule is O=C(O)CCCCN1C(=O)N(c2ccccc2)C(=O)C1c1ccccc1.O=C[C@H](O)[C@@H](O)[C@H](O)[C@H](O)CO. The van der Waals surface area contributed by atoms with Crippen molar-refractivity contribution >= 4 is 29.9 Å². The summed E-state index contributed by atoms with van der Waals surface area (Å²) in [5.74, 6) is -1.15. The van der Waals surface area contributed by atoms with Gasteiger partial charge in [-0.25, -0.2) is 9.69 Å². The Labute approximate surface area is 219 Å². The molecule has 3 amide bonds. The Kier molecular flexibility index (Phi) is 12.0. The van der Waals surface area contributed by atoms with Crippen LogP contribution in [-0.4, -0.2) is 97.3 Å². The summed E-state index contributed by atoms with van der Waals surface area (Å²) < 4.78 is 0. The second kappa shape index (κ2) is 14.9. The summed E-state index contributed by atoms with van der Waals surface area (Å²) in [6.07, 6.45) is -5.81. The van der Waals surface area contributed by atoms with Gasteiger partial charge >= 0.3 is 12.0 Å². The van der Waals surface area contributed by atoms with E-state index in [1.165, 1.54) is 9.80 Å². The molecule has 1 heterocycles. The lowest BCUT2D eigenvalue weighted by Gasteiger charge is -2.22. The zero-order valence-electron chi connectivity index (χ0n) is 20.5. The van der Waals surface area contributed by atoms with Crippen LogP contribution in [-0.2, 0) is 14.4 Å². The fraction of sp³-hybridized carbons (Fsp3) is 0.385. The van der Waals surface area contributed by atoms with Crippen molar-refractivity contribution < 1.29 is 49.8 Å². The molecule has 0 bridgehead atoms. The summed E-state index contributed by atoms with van der Waals surface area (Å²) in [6.45, 7) is -0.426. The number of hydrogen-bond donors (Lipinski definition) is 6. The van der Waals surface area contributed by atoms with E-state index in [1.807, 2.05) is 36.4 Å². The van der Waals surface area contributed by atoms with Crippen LogP contribution in [0, 0.1) is 0 Å². The summed E-state index contributed by atoms with van der Waals surface area (Å²) >= 11 is 0. The van der Waals surface area contributed by atoms with Crippen molar-refractivity contribution in [3.05, 3.63) is 66.2 Å². The average molecular weight is 533 g/mol. The smallest absolute Gasteiger partial charge is 0.332 e. The lowest BCUT2D eigenvalue weighted by molar-refractivity contribution is -0.137. The van der Waals surface area contributed by atoms with Gasteiger partial charge in [-0.1, -0.05) is 48.5 Å². The van der Waals surface area contributed by atoms with Crippen molar-refractivity contribution in [1.82, 2.24) is 4.90 Å². The first-order valence-corrected chi connectivity index (χ1v) is 11.9. The minimum Gasteiger partial charge on any atom is -0.481 e. The largest absolute Gasteiger partial charge is 0.481 e. The Morgan fingerprint density at radius 2 is 1.47 bits per heavy atom. The molecule has 1 aliphatic heterocycles. The van der Waals surface area contributed by atoms with Gasteiger partial charge in [-0.3, -0.25) is 9.59 Å². The van der Waals surface area contributed by atoms with E-state index >= 15 is 0 Å². The maximum atomic E-state index is 13.0. The number of carboxylic acids is 1. The van der Waals surface area contributed by atoms with Crippen LogP contribution in [0.15, 0.2) is 60.7 Å². The number of aliphatic carboxylic acids is 1. The topological polar surface area (TPSA) is 196 Å². The molecule has 2 aromatic carbocycles. The first-order valence-electron chi connectivity index (χ1n) is 11.9. The van der Waals surface area contributed by atoms with Crippen LogP contribution in [0.1, 0.15) is 30.9 Å². The van der Waals surface area contributed by atoms with Gasteiger partial charge in [0.25, 0.3) is 5.91 Å². The molecular formula is C26H32N2O10. The number of unbranched alkanes of at least 4 members (excludes halogenated alkanes) is 1. The molecule has 1 aliphatic rings. The highest BCUT2D eigenvalue weighted by molar-refractivity contribution is 6.21. The number of nitrogens with zero attached hydrogens (tertiary/aromatic N) is 2. The van der Waals surface area contributed by atoms with Crippen LogP contribution in [0.5, 0.6) is 0 Å². The van der Waals surface area contributed by atoms with Crippen molar-refractivity contribution in [2.24, 2.45) is 0 Å². The molecule has 3 rings (SSSR count). The van der Waals surface area contributed by atoms with Gasteiger partial charge in [0.15, 0.2) is 6.29 Å². The van der Waals surface area contributed by atoms with Crippen LogP contribution in [0.2, 0.25) is 0 Å². The van der Waals surface area contributed by atoms with Gasteiger partial charge in [0.2, 0.25) is 0 Å². The van der Waals surface area contributed by atoms with E-state index in [0.717, 1.165) is 5.56 Å². The van der Waals surface area contributed by atoms with Crippen LogP contribution in [0.4, 0.5) is 10.5 Å². The first-order chi connectivity index (χ1) is 18.1. The van der Waals surface area contributed by atoms with E-state index in [9.17, 15) is 19.2 Å². The molecule has 0 aliphatic carbocycles. The number of rotatable bonds is 12. The molecular weight excluding hydrogens is 500 g/mol. The Morgan fingerprint density at radius 3 is 2.00 bits per heavy atom. The Hall–Kier alpha value is -3.68. The molecule has 0 radical (unpaired) electrons. The number of carbonyl (C=O) groups is 4. The molecule has 0 spiro atoms. The highest BCUT2D eigenvalue weighted by Crippen LogP contribution is 2.34. The summed E-state index contributed by atoms with van der Waals surface area (Å²) in [4.78, 5) is 49.3. The predicted molar refractivity (Wildman–Crippen MR) is 134 cm³/mol. The molecule has 206 valence electrons. The second-order valence-electron chi connectivity index (χ2n) is 8.51. The molecule has 12 heteroatoms. The van der Waals surface area contributed by atoms with Crippen molar-refractivity contribution in [2.45, 2.75) is 49.7 Å². The fourth-order valence-corrected chi connectivity index (χ4v) is 3.76. The zero-order chi connectivity index (χ0) is 28.2. The number of aldehydes is 1. The molecule has 0 saturated carbocycles. The number of hydrogen-bond acceptors (Lipinski definition) is 9. The van der Waals surface area contributed by atoms with E-state index in [2.05, 4.69) is 0 Å². The molecule has 6 N–H and O–H groups in total. The van der Waals surface area contributed by atoms with Crippen LogP contribution >= 0.6 is 0 Å². The highest BCUT2D eigenvalue weighted by Gasteiger charge is 2.46. The van der Waals surface area contributed by atoms with E-state index < -0.39 is 43.0 Å². The maximum absolute atomic E-state index is 13.0. The van der Waals surface area contributed by atoms with E-state index in [-0.39, 0.29) is 24.6 Å². The summed E-state index contributed by atoms with van der Waals surface area (Å²) in [5, 5.41) is 52.3. The average Bonchev–Trinajstić information content (AvgIpc) is 3.19. The minimum atomic E-state index is -1.79. The number of carbonyl (C=O) groups excluding carboxylic acids is 3. The Bertz CT molecular complexity index is 1050. The number of para-hydroxylation sites is 1. The molecule has 2 aromatic rings. The Balaban J connectivity index is 0.000000358. The third-order valence-corrected chi connectivity index (χ3v) is 5.79. The number of amides is 3. The van der Waals surface area contributed by atoms with Gasteiger partial charge in [-0.05, 0) is 30.5 Å². The van der Waals surface area contributed by atoms with Crippen molar-refractivity contribution in [3.8, 4) is 0 Å². The normalized spacial score (nSPS) is 18.3. The summed E-state index contributed by atoms with van der Waals surface area (Å²) in [5.41, 5.74) is 1.29. The van der Waals surface area contributed by atoms with E-state index in [1.54, 1.807) is 24.3 Å². The quantitative estimate of drug-likeness (QED) is 0.124. The summed E-state index contributed by atoms with van der Waals surface area (Å²) in [7, 11) is 0. The monoisotopic (exact) mass is 532 g/mol. The molecule has 1 unspecified atom stereocenters. The third kappa shape index (κ3) is 7.91. The van der Waals surface area contributed by atoms with Crippen molar-refractivity contribution in [3.63, 3.8) is 0 Å². The zero-order valence-corrected chi connectivity index (χ0v) is 20.5. The van der Waals surface area contributed by atoms with Crippen LogP contribution < -0.4 is 4.90 Å². The van der Waals surface area contributed by atoms with E-state index in [4.69, 9.17) is 30.6 Å². The predicted octanol–water partition coefficient (Wildman–Crippen LogP) is 0.0726. The second-order valence-corrected chi connectivity index (χ2v) is 8.51. The minimum absolute atomic E-state index is 0.0258. The standard InChI is InChI=1S/C20H20N2O4.C6H12O6/c23-17(24)13-7-8-14-21-18(15-9-3-1-4-10-15)19(25)22(20(21)26)16-11-5-2-6-12-16;7-1-3(9)5(11)6(12)4(10)2-8/h1-6,9-12,18H,7-8,13-14H2,(H,23,24);1,3-6,8-12H,2H2/t;3-,4+,5+,6+/m.0/s1. The number of carboxylic acid groups (broad SMARTS) is 1. The molecule has 12 nitrogen and oxygen atoms in total. The molecule has 1 saturated heterocycles. The number of urea groups is 1. The van der Waals surface area contributed by atoms with Crippen molar-refractivity contribution in [2.75, 3.05) is 18.1 Å². The number of aliphatic hydroxyl groups excluding tert-OH is 5. The summed E-state index contributed by atoms with van der Waals surface area (Å²) in [6, 6.07) is 17.0. The fourth-order valence-electron chi connectivity index (χ4n) is 3.76.